The van der Waals surface area contributed by atoms with E-state index in [4.69, 9.17) is 0 Å². The number of aliphatic hydroxyl groups excluding tert-OH is 2. The molecule has 3 aromatic rings. The van der Waals surface area contributed by atoms with Crippen LogP contribution >= 0.6 is 0 Å². The predicted octanol–water partition coefficient (Wildman–Crippen LogP) is 2.98. The molecule has 98 valence electrons. The SMILES string of the molecule is O[C@@H]1c2ccccc2-c2nc3ccccc3cc2[C@@H]1O. The van der Waals surface area contributed by atoms with Crippen molar-refractivity contribution in [3.05, 3.63) is 65.7 Å². The van der Waals surface area contributed by atoms with Crippen molar-refractivity contribution >= 4 is 10.9 Å². The van der Waals surface area contributed by atoms with Gasteiger partial charge in [0.25, 0.3) is 0 Å². The second-order valence-electron chi connectivity index (χ2n) is 5.10. The molecule has 0 aliphatic heterocycles. The fourth-order valence-electron chi connectivity index (χ4n) is 2.88. The number of rotatable bonds is 0. The Bertz CT molecular complexity index is 813. The number of aliphatic hydroxyl groups is 2. The average Bonchev–Trinajstić information content (AvgIpc) is 2.51. The summed E-state index contributed by atoms with van der Waals surface area (Å²) in [5.74, 6) is 0. The number of para-hydroxylation sites is 1. The highest BCUT2D eigenvalue weighted by Crippen LogP contribution is 2.44. The van der Waals surface area contributed by atoms with Crippen LogP contribution in [0.4, 0.5) is 0 Å². The third-order valence-electron chi connectivity index (χ3n) is 3.91. The molecule has 0 spiro atoms. The Labute approximate surface area is 116 Å². The van der Waals surface area contributed by atoms with Gasteiger partial charge in [0.15, 0.2) is 0 Å². The lowest BCUT2D eigenvalue weighted by atomic mass is 9.84. The lowest BCUT2D eigenvalue weighted by Gasteiger charge is -2.28. The van der Waals surface area contributed by atoms with Gasteiger partial charge >= 0.3 is 0 Å². The Hall–Kier alpha value is -2.23. The topological polar surface area (TPSA) is 53.4 Å². The maximum Gasteiger partial charge on any atom is 0.111 e. The molecule has 4 rings (SSSR count). The van der Waals surface area contributed by atoms with Crippen LogP contribution in [0.1, 0.15) is 23.3 Å². The Morgan fingerprint density at radius 2 is 1.50 bits per heavy atom. The zero-order chi connectivity index (χ0) is 13.7. The third kappa shape index (κ3) is 1.51. The second-order valence-corrected chi connectivity index (χ2v) is 5.10. The summed E-state index contributed by atoms with van der Waals surface area (Å²) in [6, 6.07) is 17.3. The van der Waals surface area contributed by atoms with Gasteiger partial charge in [-0.3, -0.25) is 0 Å². The standard InChI is InChI=1S/C17H13NO2/c19-16-12-7-3-2-6-11(12)15-13(17(16)20)9-10-5-1-4-8-14(10)18-15/h1-9,16-17,19-20H/t16-,17+/m1/s1. The third-order valence-corrected chi connectivity index (χ3v) is 3.91. The van der Waals surface area contributed by atoms with Crippen LogP contribution in [-0.2, 0) is 0 Å². The van der Waals surface area contributed by atoms with Crippen LogP contribution in [0.15, 0.2) is 54.6 Å². The number of pyridine rings is 1. The Morgan fingerprint density at radius 3 is 2.40 bits per heavy atom. The van der Waals surface area contributed by atoms with E-state index in [9.17, 15) is 10.2 Å². The van der Waals surface area contributed by atoms with Crippen molar-refractivity contribution in [2.45, 2.75) is 12.2 Å². The zero-order valence-electron chi connectivity index (χ0n) is 10.7. The van der Waals surface area contributed by atoms with E-state index in [1.165, 1.54) is 0 Å². The highest BCUT2D eigenvalue weighted by atomic mass is 16.3. The van der Waals surface area contributed by atoms with E-state index < -0.39 is 12.2 Å². The second kappa shape index (κ2) is 4.13. The predicted molar refractivity (Wildman–Crippen MR) is 77.1 cm³/mol. The molecule has 2 N–H and O–H groups in total. The van der Waals surface area contributed by atoms with Crippen molar-refractivity contribution in [2.75, 3.05) is 0 Å². The smallest absolute Gasteiger partial charge is 0.111 e. The molecule has 0 saturated heterocycles. The molecule has 20 heavy (non-hydrogen) atoms. The molecule has 2 atom stereocenters. The summed E-state index contributed by atoms with van der Waals surface area (Å²) < 4.78 is 0. The first-order valence-corrected chi connectivity index (χ1v) is 6.61. The van der Waals surface area contributed by atoms with Gasteiger partial charge in [0.05, 0.1) is 11.2 Å². The van der Waals surface area contributed by atoms with Gasteiger partial charge in [-0.15, -0.1) is 0 Å². The van der Waals surface area contributed by atoms with E-state index in [1.54, 1.807) is 0 Å². The van der Waals surface area contributed by atoms with Crippen LogP contribution in [0.5, 0.6) is 0 Å². The molecule has 2 aromatic carbocycles. The lowest BCUT2D eigenvalue weighted by Crippen LogP contribution is -2.18. The van der Waals surface area contributed by atoms with Crippen LogP contribution in [-0.4, -0.2) is 15.2 Å². The molecule has 0 amide bonds. The minimum Gasteiger partial charge on any atom is -0.385 e. The molecule has 3 nitrogen and oxygen atoms in total. The van der Waals surface area contributed by atoms with Gasteiger partial charge < -0.3 is 10.2 Å². The average molecular weight is 263 g/mol. The number of benzene rings is 2. The van der Waals surface area contributed by atoms with Crippen molar-refractivity contribution < 1.29 is 10.2 Å². The summed E-state index contributed by atoms with van der Waals surface area (Å²) in [6.45, 7) is 0. The Morgan fingerprint density at radius 1 is 0.800 bits per heavy atom. The van der Waals surface area contributed by atoms with Gasteiger partial charge in [0, 0.05) is 16.5 Å². The number of hydrogen-bond acceptors (Lipinski definition) is 3. The molecule has 0 bridgehead atoms. The van der Waals surface area contributed by atoms with Crippen molar-refractivity contribution in [3.63, 3.8) is 0 Å². The summed E-state index contributed by atoms with van der Waals surface area (Å²) in [7, 11) is 0. The monoisotopic (exact) mass is 263 g/mol. The quantitative estimate of drug-likeness (QED) is 0.655. The molecular formula is C17H13NO2. The van der Waals surface area contributed by atoms with Crippen molar-refractivity contribution in [3.8, 4) is 11.3 Å². The van der Waals surface area contributed by atoms with Crippen LogP contribution in [0.2, 0.25) is 0 Å². The fraction of sp³-hybridized carbons (Fsp3) is 0.118. The first-order valence-electron chi connectivity index (χ1n) is 6.61. The van der Waals surface area contributed by atoms with E-state index >= 15 is 0 Å². The normalized spacial score (nSPS) is 20.5. The molecule has 0 unspecified atom stereocenters. The largest absolute Gasteiger partial charge is 0.385 e. The summed E-state index contributed by atoms with van der Waals surface area (Å²) in [4.78, 5) is 4.67. The molecule has 1 aromatic heterocycles. The molecule has 1 aliphatic carbocycles. The summed E-state index contributed by atoms with van der Waals surface area (Å²) in [6.07, 6.45) is -1.83. The zero-order valence-corrected chi connectivity index (χ0v) is 10.7. The molecule has 0 saturated carbocycles. The van der Waals surface area contributed by atoms with E-state index in [0.29, 0.717) is 5.56 Å². The van der Waals surface area contributed by atoms with Crippen molar-refractivity contribution in [1.82, 2.24) is 4.98 Å². The van der Waals surface area contributed by atoms with Gasteiger partial charge in [-0.2, -0.15) is 0 Å². The van der Waals surface area contributed by atoms with Gasteiger partial charge in [0.2, 0.25) is 0 Å². The maximum absolute atomic E-state index is 10.3. The Balaban J connectivity index is 2.09. The minimum absolute atomic E-state index is 0.690. The summed E-state index contributed by atoms with van der Waals surface area (Å²) >= 11 is 0. The number of aromatic nitrogens is 1. The van der Waals surface area contributed by atoms with E-state index in [2.05, 4.69) is 4.98 Å². The molecule has 0 radical (unpaired) electrons. The molecule has 1 heterocycles. The van der Waals surface area contributed by atoms with Gasteiger partial charge in [-0.1, -0.05) is 42.5 Å². The Kier molecular flexibility index (Phi) is 2.39. The maximum atomic E-state index is 10.3. The molecular weight excluding hydrogens is 250 g/mol. The van der Waals surface area contributed by atoms with Crippen LogP contribution in [0, 0.1) is 0 Å². The summed E-state index contributed by atoms with van der Waals surface area (Å²) in [5, 5.41) is 21.6. The van der Waals surface area contributed by atoms with E-state index in [-0.39, 0.29) is 0 Å². The van der Waals surface area contributed by atoms with Crippen LogP contribution < -0.4 is 0 Å². The van der Waals surface area contributed by atoms with Gasteiger partial charge in [-0.05, 0) is 17.7 Å². The molecule has 1 aliphatic rings. The molecule has 0 fully saturated rings. The summed E-state index contributed by atoms with van der Waals surface area (Å²) in [5.41, 5.74) is 3.97. The first-order chi connectivity index (χ1) is 9.75. The van der Waals surface area contributed by atoms with Crippen LogP contribution in [0.3, 0.4) is 0 Å². The highest BCUT2D eigenvalue weighted by molar-refractivity contribution is 5.85. The number of fused-ring (bicyclic) bond motifs is 4. The number of hydrogen-bond donors (Lipinski definition) is 2. The number of nitrogens with zero attached hydrogens (tertiary/aromatic N) is 1. The van der Waals surface area contributed by atoms with E-state index in [0.717, 1.165) is 27.7 Å². The van der Waals surface area contributed by atoms with Crippen molar-refractivity contribution in [1.29, 1.82) is 0 Å². The highest BCUT2D eigenvalue weighted by Gasteiger charge is 2.31. The lowest BCUT2D eigenvalue weighted by molar-refractivity contribution is 0.0156. The van der Waals surface area contributed by atoms with Crippen molar-refractivity contribution in [2.24, 2.45) is 0 Å². The van der Waals surface area contributed by atoms with Gasteiger partial charge in [0.1, 0.15) is 12.2 Å². The fourth-order valence-corrected chi connectivity index (χ4v) is 2.88. The first kappa shape index (κ1) is 11.6. The minimum atomic E-state index is -0.933. The van der Waals surface area contributed by atoms with Crippen LogP contribution in [0.25, 0.3) is 22.2 Å². The van der Waals surface area contributed by atoms with E-state index in [1.807, 2.05) is 54.6 Å². The van der Waals surface area contributed by atoms with Gasteiger partial charge in [-0.25, -0.2) is 4.98 Å². The molecule has 3 heteroatoms.